The van der Waals surface area contributed by atoms with Crippen molar-refractivity contribution in [1.29, 1.82) is 0 Å². The Labute approximate surface area is 164 Å². The average molecular weight is 374 g/mol. The normalized spacial score (nSPS) is 10.4. The maximum atomic E-state index is 13.0. The van der Waals surface area contributed by atoms with Gasteiger partial charge in [-0.1, -0.05) is 60.7 Å². The van der Waals surface area contributed by atoms with E-state index in [1.54, 1.807) is 25.2 Å². The van der Waals surface area contributed by atoms with Crippen molar-refractivity contribution in [1.82, 2.24) is 5.32 Å². The molecular formula is C23H22N2O3. The highest BCUT2D eigenvalue weighted by atomic mass is 16.5. The van der Waals surface area contributed by atoms with Crippen molar-refractivity contribution < 1.29 is 14.3 Å². The summed E-state index contributed by atoms with van der Waals surface area (Å²) in [5.41, 5.74) is 3.25. The van der Waals surface area contributed by atoms with E-state index in [1.807, 2.05) is 60.7 Å². The Morgan fingerprint density at radius 2 is 1.43 bits per heavy atom. The molecule has 0 aliphatic heterocycles. The Kier molecular flexibility index (Phi) is 6.07. The largest absolute Gasteiger partial charge is 0.465 e. The fraction of sp³-hybridized carbons (Fsp3) is 0.130. The predicted octanol–water partition coefficient (Wildman–Crippen LogP) is 4.03. The fourth-order valence-electron chi connectivity index (χ4n) is 3.05. The number of carbonyl (C=O) groups excluding carboxylic acids is 2. The summed E-state index contributed by atoms with van der Waals surface area (Å²) in [7, 11) is 3.03. The van der Waals surface area contributed by atoms with Gasteiger partial charge in [0.05, 0.1) is 18.7 Å². The molecule has 0 spiro atoms. The van der Waals surface area contributed by atoms with Gasteiger partial charge < -0.3 is 15.4 Å². The monoisotopic (exact) mass is 374 g/mol. The Hall–Kier alpha value is -3.60. The van der Waals surface area contributed by atoms with E-state index in [-0.39, 0.29) is 11.9 Å². The average Bonchev–Trinajstić information content (AvgIpc) is 2.77. The van der Waals surface area contributed by atoms with Crippen molar-refractivity contribution in [2.45, 2.75) is 6.04 Å². The number of anilines is 1. The zero-order valence-electron chi connectivity index (χ0n) is 15.8. The number of amides is 1. The molecule has 3 rings (SSSR count). The molecule has 0 unspecified atom stereocenters. The molecule has 0 bridgehead atoms. The van der Waals surface area contributed by atoms with E-state index in [4.69, 9.17) is 4.74 Å². The second-order valence-corrected chi connectivity index (χ2v) is 6.23. The molecule has 1 amide bonds. The zero-order chi connectivity index (χ0) is 19.9. The molecule has 28 heavy (non-hydrogen) atoms. The molecule has 3 aromatic rings. The van der Waals surface area contributed by atoms with Crippen molar-refractivity contribution in [3.63, 3.8) is 0 Å². The Balaban J connectivity index is 1.94. The highest BCUT2D eigenvalue weighted by Crippen LogP contribution is 2.23. The third-order valence-electron chi connectivity index (χ3n) is 4.50. The minimum Gasteiger partial charge on any atom is -0.465 e. The minimum atomic E-state index is -0.498. The first-order chi connectivity index (χ1) is 13.6. The molecule has 0 heterocycles. The van der Waals surface area contributed by atoms with Gasteiger partial charge in [0.2, 0.25) is 0 Å². The molecular weight excluding hydrogens is 352 g/mol. The molecule has 0 saturated heterocycles. The van der Waals surface area contributed by atoms with Crippen LogP contribution < -0.4 is 10.6 Å². The summed E-state index contributed by atoms with van der Waals surface area (Å²) in [5.74, 6) is -0.771. The van der Waals surface area contributed by atoms with Crippen LogP contribution in [0.25, 0.3) is 0 Å². The smallest absolute Gasteiger partial charge is 0.339 e. The number of carbonyl (C=O) groups is 2. The van der Waals surface area contributed by atoms with Crippen molar-refractivity contribution in [2.24, 2.45) is 0 Å². The lowest BCUT2D eigenvalue weighted by Gasteiger charge is -2.20. The second kappa shape index (κ2) is 8.86. The van der Waals surface area contributed by atoms with Gasteiger partial charge in [-0.2, -0.15) is 0 Å². The SMILES string of the molecule is CNc1ccc(C(=O)NC(c2ccccc2)c2ccccc2)cc1C(=O)OC. The lowest BCUT2D eigenvalue weighted by Crippen LogP contribution is -2.29. The first-order valence-corrected chi connectivity index (χ1v) is 8.95. The Morgan fingerprint density at radius 3 is 1.93 bits per heavy atom. The zero-order valence-corrected chi connectivity index (χ0v) is 15.8. The van der Waals surface area contributed by atoms with Crippen molar-refractivity contribution in [3.05, 3.63) is 101 Å². The number of esters is 1. The number of nitrogens with one attached hydrogen (secondary N) is 2. The van der Waals surface area contributed by atoms with Crippen LogP contribution in [0.1, 0.15) is 37.9 Å². The van der Waals surface area contributed by atoms with Gasteiger partial charge in [0, 0.05) is 18.3 Å². The van der Waals surface area contributed by atoms with Gasteiger partial charge in [0.25, 0.3) is 5.91 Å². The van der Waals surface area contributed by atoms with Crippen LogP contribution in [-0.2, 0) is 4.74 Å². The lowest BCUT2D eigenvalue weighted by molar-refractivity contribution is 0.0602. The number of methoxy groups -OCH3 is 1. The summed E-state index contributed by atoms with van der Waals surface area (Å²) >= 11 is 0. The molecule has 0 atom stereocenters. The molecule has 0 fully saturated rings. The first-order valence-electron chi connectivity index (χ1n) is 8.95. The van der Waals surface area contributed by atoms with Crippen LogP contribution in [-0.4, -0.2) is 26.0 Å². The van der Waals surface area contributed by atoms with E-state index < -0.39 is 5.97 Å². The number of ether oxygens (including phenoxy) is 1. The number of benzene rings is 3. The summed E-state index contributed by atoms with van der Waals surface area (Å²) in [6.45, 7) is 0. The van der Waals surface area contributed by atoms with Crippen LogP contribution in [0.3, 0.4) is 0 Å². The van der Waals surface area contributed by atoms with E-state index in [2.05, 4.69) is 10.6 Å². The molecule has 3 aromatic carbocycles. The van der Waals surface area contributed by atoms with Gasteiger partial charge in [-0.3, -0.25) is 4.79 Å². The molecule has 2 N–H and O–H groups in total. The van der Waals surface area contributed by atoms with E-state index in [0.717, 1.165) is 11.1 Å². The summed E-state index contributed by atoms with van der Waals surface area (Å²) < 4.78 is 4.82. The molecule has 142 valence electrons. The minimum absolute atomic E-state index is 0.273. The van der Waals surface area contributed by atoms with Gasteiger partial charge in [-0.05, 0) is 29.3 Å². The fourth-order valence-corrected chi connectivity index (χ4v) is 3.05. The molecule has 0 aliphatic carbocycles. The summed E-state index contributed by atoms with van der Waals surface area (Å²) in [4.78, 5) is 25.0. The van der Waals surface area contributed by atoms with Crippen LogP contribution in [0.4, 0.5) is 5.69 Å². The Morgan fingerprint density at radius 1 is 0.857 bits per heavy atom. The van der Waals surface area contributed by atoms with Crippen molar-refractivity contribution in [2.75, 3.05) is 19.5 Å². The second-order valence-electron chi connectivity index (χ2n) is 6.23. The van der Waals surface area contributed by atoms with Gasteiger partial charge >= 0.3 is 5.97 Å². The quantitative estimate of drug-likeness (QED) is 0.639. The van der Waals surface area contributed by atoms with Gasteiger partial charge in [-0.25, -0.2) is 4.79 Å². The molecule has 0 radical (unpaired) electrons. The van der Waals surface area contributed by atoms with Gasteiger partial charge in [-0.15, -0.1) is 0 Å². The standard InChI is InChI=1S/C23H22N2O3/c1-24-20-14-13-18(15-19(20)23(27)28-2)22(26)25-21(16-9-5-3-6-10-16)17-11-7-4-8-12-17/h3-15,21,24H,1-2H3,(H,25,26). The Bertz CT molecular complexity index is 917. The lowest BCUT2D eigenvalue weighted by atomic mass is 9.98. The van der Waals surface area contributed by atoms with Crippen LogP contribution in [0.5, 0.6) is 0 Å². The molecule has 5 nitrogen and oxygen atoms in total. The van der Waals surface area contributed by atoms with Crippen LogP contribution >= 0.6 is 0 Å². The van der Waals surface area contributed by atoms with Gasteiger partial charge in [0.1, 0.15) is 0 Å². The van der Waals surface area contributed by atoms with E-state index in [1.165, 1.54) is 7.11 Å². The highest BCUT2D eigenvalue weighted by Gasteiger charge is 2.20. The molecule has 5 heteroatoms. The maximum Gasteiger partial charge on any atom is 0.339 e. The first kappa shape index (κ1) is 19.2. The molecule has 0 saturated carbocycles. The number of rotatable bonds is 6. The van der Waals surface area contributed by atoms with Crippen molar-refractivity contribution in [3.8, 4) is 0 Å². The molecule has 0 aliphatic rings. The van der Waals surface area contributed by atoms with E-state index >= 15 is 0 Å². The topological polar surface area (TPSA) is 67.4 Å². The number of hydrogen-bond donors (Lipinski definition) is 2. The summed E-state index contributed by atoms with van der Waals surface area (Å²) in [5, 5.41) is 6.01. The van der Waals surface area contributed by atoms with Gasteiger partial charge in [0.15, 0.2) is 0 Å². The van der Waals surface area contributed by atoms with Crippen LogP contribution in [0.2, 0.25) is 0 Å². The maximum absolute atomic E-state index is 13.0. The summed E-state index contributed by atoms with van der Waals surface area (Å²) in [6, 6.07) is 24.1. The van der Waals surface area contributed by atoms with Crippen molar-refractivity contribution >= 4 is 17.6 Å². The summed E-state index contributed by atoms with van der Waals surface area (Å²) in [6.07, 6.45) is 0. The highest BCUT2D eigenvalue weighted by molar-refractivity contribution is 6.01. The third kappa shape index (κ3) is 4.20. The van der Waals surface area contributed by atoms with Crippen LogP contribution in [0, 0.1) is 0 Å². The number of hydrogen-bond acceptors (Lipinski definition) is 4. The third-order valence-corrected chi connectivity index (χ3v) is 4.50. The molecule has 0 aromatic heterocycles. The van der Waals surface area contributed by atoms with Crippen LogP contribution in [0.15, 0.2) is 78.9 Å². The predicted molar refractivity (Wildman–Crippen MR) is 110 cm³/mol. The van der Waals surface area contributed by atoms with E-state index in [9.17, 15) is 9.59 Å². The van der Waals surface area contributed by atoms with E-state index in [0.29, 0.717) is 16.8 Å².